The second-order valence-corrected chi connectivity index (χ2v) is 8.57. The monoisotopic (exact) mass is 450 g/mol. The number of aromatic nitrogens is 3. The average molecular weight is 451 g/mol. The van der Waals surface area contributed by atoms with Gasteiger partial charge in [-0.15, -0.1) is 10.2 Å². The molecule has 10 nitrogen and oxygen atoms in total. The molecule has 0 amide bonds. The Morgan fingerprint density at radius 3 is 2.19 bits per heavy atom. The van der Waals surface area contributed by atoms with Crippen LogP contribution in [0.4, 0.5) is 11.5 Å². The summed E-state index contributed by atoms with van der Waals surface area (Å²) < 4.78 is 66.9. The van der Waals surface area contributed by atoms with Crippen LogP contribution < -0.4 is 5.32 Å². The van der Waals surface area contributed by atoms with Crippen LogP contribution in [0.2, 0.25) is 10.2 Å². The highest BCUT2D eigenvalue weighted by Crippen LogP contribution is 2.38. The van der Waals surface area contributed by atoms with Gasteiger partial charge >= 0.3 is 0 Å². The summed E-state index contributed by atoms with van der Waals surface area (Å²) in [6, 6.07) is 6.95. The molecule has 0 aliphatic carbocycles. The smallest absolute Gasteiger partial charge is 0.298 e. The van der Waals surface area contributed by atoms with Crippen LogP contribution in [0.25, 0.3) is 10.8 Å². The maximum Gasteiger partial charge on any atom is 0.298 e. The van der Waals surface area contributed by atoms with Gasteiger partial charge in [0.25, 0.3) is 20.2 Å². The molecule has 0 bridgehead atoms. The van der Waals surface area contributed by atoms with Gasteiger partial charge < -0.3 is 5.32 Å². The molecule has 3 N–H and O–H groups in total. The van der Waals surface area contributed by atoms with Crippen LogP contribution in [0.1, 0.15) is 0 Å². The van der Waals surface area contributed by atoms with Crippen LogP contribution >= 0.6 is 23.2 Å². The van der Waals surface area contributed by atoms with E-state index in [9.17, 15) is 25.9 Å². The third kappa shape index (κ3) is 3.81. The molecule has 3 rings (SSSR count). The molecule has 0 aliphatic heterocycles. The number of fused-ring (bicyclic) bond motifs is 1. The van der Waals surface area contributed by atoms with Gasteiger partial charge in [0.05, 0.1) is 5.69 Å². The standard InChI is InChI=1S/C13H8Cl2N4O6S2/c14-9-12(15)17-19-18-13(9)16-8-5-6-3-1-2-4-7(6)10(26(20,21)22)11(8)27(23,24)25/h1-5H,(H,16,17,18)(H,20,21,22)(H,23,24,25). The lowest BCUT2D eigenvalue weighted by molar-refractivity contribution is 0.468. The summed E-state index contributed by atoms with van der Waals surface area (Å²) in [5.74, 6) is -0.252. The van der Waals surface area contributed by atoms with Crippen LogP contribution in [0, 0.1) is 0 Å². The van der Waals surface area contributed by atoms with Gasteiger partial charge in [-0.05, 0) is 16.7 Å². The van der Waals surface area contributed by atoms with Gasteiger partial charge in [0.2, 0.25) is 0 Å². The predicted molar refractivity (Wildman–Crippen MR) is 96.7 cm³/mol. The van der Waals surface area contributed by atoms with Crippen LogP contribution in [-0.4, -0.2) is 41.4 Å². The first-order valence-electron chi connectivity index (χ1n) is 6.82. The molecule has 142 valence electrons. The zero-order valence-corrected chi connectivity index (χ0v) is 16.0. The van der Waals surface area contributed by atoms with Crippen LogP contribution in [0.15, 0.2) is 40.1 Å². The fraction of sp³-hybridized carbons (Fsp3) is 0. The predicted octanol–water partition coefficient (Wildman–Crippen LogP) is 2.57. The molecule has 0 unspecified atom stereocenters. The molecule has 27 heavy (non-hydrogen) atoms. The van der Waals surface area contributed by atoms with Crippen LogP contribution in [0.5, 0.6) is 0 Å². The Bertz CT molecular complexity index is 1280. The number of rotatable bonds is 4. The largest absolute Gasteiger partial charge is 0.336 e. The van der Waals surface area contributed by atoms with E-state index in [-0.39, 0.29) is 26.8 Å². The lowest BCUT2D eigenvalue weighted by atomic mass is 10.1. The highest BCUT2D eigenvalue weighted by Gasteiger charge is 2.31. The van der Waals surface area contributed by atoms with E-state index in [0.717, 1.165) is 0 Å². The number of hydrogen-bond acceptors (Lipinski definition) is 8. The fourth-order valence-corrected chi connectivity index (χ4v) is 4.82. The van der Waals surface area contributed by atoms with Gasteiger partial charge in [0.15, 0.2) is 11.0 Å². The Morgan fingerprint density at radius 2 is 1.56 bits per heavy atom. The van der Waals surface area contributed by atoms with Gasteiger partial charge in [-0.3, -0.25) is 9.11 Å². The van der Waals surface area contributed by atoms with Crippen LogP contribution in [0.3, 0.4) is 0 Å². The van der Waals surface area contributed by atoms with Gasteiger partial charge in [-0.2, -0.15) is 16.8 Å². The summed E-state index contributed by atoms with van der Waals surface area (Å²) in [7, 11) is -10.2. The van der Waals surface area contributed by atoms with Crippen molar-refractivity contribution in [3.63, 3.8) is 0 Å². The van der Waals surface area contributed by atoms with E-state index >= 15 is 0 Å². The van der Waals surface area contributed by atoms with Crippen molar-refractivity contribution in [3.05, 3.63) is 40.5 Å². The van der Waals surface area contributed by atoms with E-state index in [0.29, 0.717) is 0 Å². The van der Waals surface area contributed by atoms with Gasteiger partial charge in [-0.1, -0.05) is 47.5 Å². The molecule has 0 spiro atoms. The Morgan fingerprint density at radius 1 is 0.926 bits per heavy atom. The molecule has 0 radical (unpaired) electrons. The topological polar surface area (TPSA) is 159 Å². The molecule has 0 atom stereocenters. The van der Waals surface area contributed by atoms with Crippen LogP contribution in [-0.2, 0) is 20.2 Å². The number of halogens is 2. The molecular formula is C13H8Cl2N4O6S2. The Kier molecular flexibility index (Phi) is 4.96. The van der Waals surface area contributed by atoms with Crippen molar-refractivity contribution in [3.8, 4) is 0 Å². The Labute approximate surface area is 162 Å². The van der Waals surface area contributed by atoms with Crippen molar-refractivity contribution in [1.29, 1.82) is 0 Å². The molecule has 1 aromatic heterocycles. The minimum absolute atomic E-state index is 0.122. The number of nitrogens with zero attached hydrogens (tertiary/aromatic N) is 3. The fourth-order valence-electron chi connectivity index (χ4n) is 2.40. The molecule has 2 aromatic carbocycles. The minimum Gasteiger partial charge on any atom is -0.336 e. The lowest BCUT2D eigenvalue weighted by Crippen LogP contribution is -2.13. The van der Waals surface area contributed by atoms with Gasteiger partial charge in [0, 0.05) is 5.39 Å². The van der Waals surface area contributed by atoms with Crippen molar-refractivity contribution in [2.75, 3.05) is 5.32 Å². The third-order valence-electron chi connectivity index (χ3n) is 3.39. The zero-order chi connectivity index (χ0) is 20.0. The van der Waals surface area contributed by atoms with E-state index in [2.05, 4.69) is 20.7 Å². The Balaban J connectivity index is 2.44. The summed E-state index contributed by atoms with van der Waals surface area (Å²) in [5.41, 5.74) is -0.428. The van der Waals surface area contributed by atoms with Crippen molar-refractivity contribution >= 4 is 65.7 Å². The SMILES string of the molecule is O=S(=O)(O)c1c(Nc2nnnc(Cl)c2Cl)cc2ccccc2c1S(=O)(=O)O. The molecule has 14 heteroatoms. The minimum atomic E-state index is -5.12. The first-order chi connectivity index (χ1) is 12.5. The van der Waals surface area contributed by atoms with E-state index in [1.807, 2.05) is 0 Å². The maximum atomic E-state index is 11.9. The second-order valence-electron chi connectivity index (χ2n) is 5.12. The van der Waals surface area contributed by atoms with Gasteiger partial charge in [-0.25, -0.2) is 0 Å². The number of benzene rings is 2. The molecule has 0 fully saturated rings. The number of nitrogens with one attached hydrogen (secondary N) is 1. The normalized spacial score (nSPS) is 12.3. The summed E-state index contributed by atoms with van der Waals surface area (Å²) in [6.07, 6.45) is 0. The van der Waals surface area contributed by atoms with Crippen molar-refractivity contribution in [2.45, 2.75) is 9.79 Å². The Hall–Kier alpha value is -2.09. The van der Waals surface area contributed by atoms with Crippen molar-refractivity contribution < 1.29 is 25.9 Å². The summed E-state index contributed by atoms with van der Waals surface area (Å²) >= 11 is 11.6. The number of hydrogen-bond donors (Lipinski definition) is 3. The summed E-state index contributed by atoms with van der Waals surface area (Å²) in [6.45, 7) is 0. The molecule has 3 aromatic rings. The molecule has 0 saturated heterocycles. The van der Waals surface area contributed by atoms with E-state index in [4.69, 9.17) is 23.2 Å². The molecule has 0 aliphatic rings. The number of anilines is 2. The summed E-state index contributed by atoms with van der Waals surface area (Å²) in [5, 5.41) is 12.3. The highest BCUT2D eigenvalue weighted by atomic mass is 35.5. The van der Waals surface area contributed by atoms with Gasteiger partial charge in [0.1, 0.15) is 14.8 Å². The first kappa shape index (κ1) is 19.7. The van der Waals surface area contributed by atoms with Crippen molar-refractivity contribution in [1.82, 2.24) is 15.4 Å². The molecule has 1 heterocycles. The highest BCUT2D eigenvalue weighted by molar-refractivity contribution is 7.89. The van der Waals surface area contributed by atoms with Crippen molar-refractivity contribution in [2.24, 2.45) is 0 Å². The summed E-state index contributed by atoms with van der Waals surface area (Å²) in [4.78, 5) is -2.09. The molecular weight excluding hydrogens is 443 g/mol. The second kappa shape index (κ2) is 6.82. The third-order valence-corrected chi connectivity index (χ3v) is 6.12. The van der Waals surface area contributed by atoms with E-state index in [1.165, 1.54) is 24.3 Å². The zero-order valence-electron chi connectivity index (χ0n) is 12.8. The van der Waals surface area contributed by atoms with E-state index < -0.39 is 35.7 Å². The quantitative estimate of drug-likeness (QED) is 0.503. The maximum absolute atomic E-state index is 11.9. The lowest BCUT2D eigenvalue weighted by Gasteiger charge is -2.15. The average Bonchev–Trinajstić information content (AvgIpc) is 2.56. The first-order valence-corrected chi connectivity index (χ1v) is 10.5. The molecule has 0 saturated carbocycles. The van der Waals surface area contributed by atoms with E-state index in [1.54, 1.807) is 6.07 Å².